The lowest BCUT2D eigenvalue weighted by Gasteiger charge is -1.87. The van der Waals surface area contributed by atoms with Gasteiger partial charge in [-0.1, -0.05) is 23.9 Å². The van der Waals surface area contributed by atoms with Gasteiger partial charge in [0, 0.05) is 18.9 Å². The highest BCUT2D eigenvalue weighted by molar-refractivity contribution is 8.13. The Balaban J connectivity index is 2.43. The number of carbonyl (C=O) groups excluding carboxylic acids is 2. The van der Waals surface area contributed by atoms with Crippen molar-refractivity contribution in [2.24, 2.45) is 0 Å². The Hall–Kier alpha value is -1.29. The zero-order valence-corrected chi connectivity index (χ0v) is 8.64. The maximum absolute atomic E-state index is 10.6. The van der Waals surface area contributed by atoms with Crippen molar-refractivity contribution in [3.8, 4) is 0 Å². The van der Waals surface area contributed by atoms with E-state index in [1.165, 1.54) is 11.8 Å². The van der Waals surface area contributed by atoms with Crippen molar-refractivity contribution in [2.45, 2.75) is 6.92 Å². The van der Waals surface area contributed by atoms with Crippen molar-refractivity contribution in [2.75, 3.05) is 5.75 Å². The van der Waals surface area contributed by atoms with E-state index in [1.54, 1.807) is 19.2 Å². The SMILES string of the molecule is CC(=O)SCC=Cc1c[nH]c(C=O)c1. The third-order valence-corrected chi connectivity index (χ3v) is 2.31. The molecule has 14 heavy (non-hydrogen) atoms. The lowest BCUT2D eigenvalue weighted by atomic mass is 10.3. The molecule has 0 saturated carbocycles. The van der Waals surface area contributed by atoms with Crippen molar-refractivity contribution in [1.82, 2.24) is 4.98 Å². The summed E-state index contributed by atoms with van der Waals surface area (Å²) in [6, 6.07) is 1.75. The van der Waals surface area contributed by atoms with Gasteiger partial charge < -0.3 is 4.98 Å². The number of hydrogen-bond donors (Lipinski definition) is 1. The van der Waals surface area contributed by atoms with Gasteiger partial charge in [-0.2, -0.15) is 0 Å². The third kappa shape index (κ3) is 3.62. The van der Waals surface area contributed by atoms with Crippen LogP contribution in [0.3, 0.4) is 0 Å². The molecular formula is C10H11NO2S. The van der Waals surface area contributed by atoms with Gasteiger partial charge in [0.15, 0.2) is 11.4 Å². The highest BCUT2D eigenvalue weighted by atomic mass is 32.2. The predicted molar refractivity (Wildman–Crippen MR) is 58.4 cm³/mol. The predicted octanol–water partition coefficient (Wildman–Crippen LogP) is 2.12. The number of carbonyl (C=O) groups is 2. The molecule has 1 aromatic rings. The first-order chi connectivity index (χ1) is 6.72. The lowest BCUT2D eigenvalue weighted by Crippen LogP contribution is -1.81. The summed E-state index contributed by atoms with van der Waals surface area (Å²) in [6.07, 6.45) is 6.28. The molecule has 0 aliphatic carbocycles. The number of thioether (sulfide) groups is 1. The molecular weight excluding hydrogens is 198 g/mol. The van der Waals surface area contributed by atoms with E-state index in [9.17, 15) is 9.59 Å². The van der Waals surface area contributed by atoms with Crippen LogP contribution in [0.15, 0.2) is 18.3 Å². The lowest BCUT2D eigenvalue weighted by molar-refractivity contribution is -0.109. The fourth-order valence-electron chi connectivity index (χ4n) is 0.943. The number of H-pyrrole nitrogens is 1. The average molecular weight is 209 g/mol. The van der Waals surface area contributed by atoms with Crippen LogP contribution in [-0.4, -0.2) is 22.1 Å². The van der Waals surface area contributed by atoms with Crippen LogP contribution in [0.2, 0.25) is 0 Å². The van der Waals surface area contributed by atoms with Crippen LogP contribution in [0.25, 0.3) is 6.08 Å². The molecule has 0 radical (unpaired) electrons. The van der Waals surface area contributed by atoms with Gasteiger partial charge in [0.2, 0.25) is 0 Å². The van der Waals surface area contributed by atoms with Crippen molar-refractivity contribution >= 4 is 29.2 Å². The molecule has 0 aromatic carbocycles. The second-order valence-electron chi connectivity index (χ2n) is 2.71. The molecule has 0 bridgehead atoms. The number of nitrogens with one attached hydrogen (secondary N) is 1. The fraction of sp³-hybridized carbons (Fsp3) is 0.200. The second kappa shape index (κ2) is 5.44. The molecule has 0 aliphatic heterocycles. The highest BCUT2D eigenvalue weighted by Gasteiger charge is 1.93. The number of aromatic nitrogens is 1. The summed E-state index contributed by atoms with van der Waals surface area (Å²) in [4.78, 5) is 23.7. The largest absolute Gasteiger partial charge is 0.358 e. The molecule has 0 amide bonds. The Morgan fingerprint density at radius 1 is 1.64 bits per heavy atom. The molecule has 1 rings (SSSR count). The standard InChI is InChI=1S/C10H11NO2S/c1-8(13)14-4-2-3-9-5-10(7-12)11-6-9/h2-3,5-7,11H,4H2,1H3. The van der Waals surface area contributed by atoms with Crippen LogP contribution in [0.5, 0.6) is 0 Å². The quantitative estimate of drug-likeness (QED) is 0.773. The van der Waals surface area contributed by atoms with Crippen LogP contribution in [0.4, 0.5) is 0 Å². The zero-order valence-electron chi connectivity index (χ0n) is 7.82. The van der Waals surface area contributed by atoms with E-state index in [0.29, 0.717) is 11.4 Å². The molecule has 0 saturated heterocycles. The molecule has 0 aliphatic rings. The van der Waals surface area contributed by atoms with Crippen molar-refractivity contribution in [3.63, 3.8) is 0 Å². The van der Waals surface area contributed by atoms with Gasteiger partial charge in [-0.25, -0.2) is 0 Å². The average Bonchev–Trinajstić information content (AvgIpc) is 2.60. The molecule has 0 spiro atoms. The molecule has 1 N–H and O–H groups in total. The van der Waals surface area contributed by atoms with Crippen LogP contribution in [-0.2, 0) is 4.79 Å². The summed E-state index contributed by atoms with van der Waals surface area (Å²) in [6.45, 7) is 1.54. The first kappa shape index (κ1) is 10.8. The Morgan fingerprint density at radius 2 is 2.43 bits per heavy atom. The monoisotopic (exact) mass is 209 g/mol. The Bertz CT molecular complexity index is 355. The van der Waals surface area contributed by atoms with E-state index in [-0.39, 0.29) is 5.12 Å². The summed E-state index contributed by atoms with van der Waals surface area (Å²) in [7, 11) is 0. The van der Waals surface area contributed by atoms with Crippen LogP contribution >= 0.6 is 11.8 Å². The number of aromatic amines is 1. The number of rotatable bonds is 4. The number of hydrogen-bond acceptors (Lipinski definition) is 3. The van der Waals surface area contributed by atoms with E-state index in [1.807, 2.05) is 12.2 Å². The van der Waals surface area contributed by atoms with E-state index in [0.717, 1.165) is 11.8 Å². The van der Waals surface area contributed by atoms with Gasteiger partial charge in [-0.05, 0) is 11.6 Å². The van der Waals surface area contributed by atoms with Crippen molar-refractivity contribution < 1.29 is 9.59 Å². The first-order valence-electron chi connectivity index (χ1n) is 4.16. The molecule has 4 heteroatoms. The summed E-state index contributed by atoms with van der Waals surface area (Å²) < 4.78 is 0. The molecule has 0 fully saturated rings. The first-order valence-corrected chi connectivity index (χ1v) is 5.14. The minimum atomic E-state index is 0.109. The molecule has 1 heterocycles. The van der Waals surface area contributed by atoms with Gasteiger partial charge in [0.05, 0.1) is 5.69 Å². The topological polar surface area (TPSA) is 49.9 Å². The van der Waals surface area contributed by atoms with E-state index >= 15 is 0 Å². The Kier molecular flexibility index (Phi) is 4.19. The van der Waals surface area contributed by atoms with Crippen LogP contribution in [0, 0.1) is 0 Å². The maximum Gasteiger partial charge on any atom is 0.186 e. The van der Waals surface area contributed by atoms with E-state index in [4.69, 9.17) is 0 Å². The molecule has 0 atom stereocenters. The summed E-state index contributed by atoms with van der Waals surface area (Å²) >= 11 is 1.26. The normalized spacial score (nSPS) is 10.6. The molecule has 0 unspecified atom stereocenters. The number of aldehydes is 1. The smallest absolute Gasteiger partial charge is 0.186 e. The van der Waals surface area contributed by atoms with E-state index < -0.39 is 0 Å². The van der Waals surface area contributed by atoms with Gasteiger partial charge in [-0.3, -0.25) is 9.59 Å². The molecule has 74 valence electrons. The van der Waals surface area contributed by atoms with Gasteiger partial charge in [0.1, 0.15) is 0 Å². The van der Waals surface area contributed by atoms with Gasteiger partial charge >= 0.3 is 0 Å². The van der Waals surface area contributed by atoms with Crippen LogP contribution < -0.4 is 0 Å². The molecule has 1 aromatic heterocycles. The Morgan fingerprint density at radius 3 is 3.00 bits per heavy atom. The fourth-order valence-corrected chi connectivity index (χ4v) is 1.37. The van der Waals surface area contributed by atoms with Gasteiger partial charge in [-0.15, -0.1) is 0 Å². The highest BCUT2D eigenvalue weighted by Crippen LogP contribution is 2.06. The molecule has 3 nitrogen and oxygen atoms in total. The minimum absolute atomic E-state index is 0.109. The summed E-state index contributed by atoms with van der Waals surface area (Å²) in [5.74, 6) is 0.664. The Labute approximate surface area is 86.6 Å². The van der Waals surface area contributed by atoms with Crippen LogP contribution in [0.1, 0.15) is 23.0 Å². The third-order valence-electron chi connectivity index (χ3n) is 1.55. The second-order valence-corrected chi connectivity index (χ2v) is 3.91. The summed E-state index contributed by atoms with van der Waals surface area (Å²) in [5.41, 5.74) is 1.50. The minimum Gasteiger partial charge on any atom is -0.358 e. The van der Waals surface area contributed by atoms with Crippen molar-refractivity contribution in [3.05, 3.63) is 29.6 Å². The zero-order chi connectivity index (χ0) is 10.4. The maximum atomic E-state index is 10.6. The van der Waals surface area contributed by atoms with Gasteiger partial charge in [0.25, 0.3) is 0 Å². The van der Waals surface area contributed by atoms with Crippen molar-refractivity contribution in [1.29, 1.82) is 0 Å². The summed E-state index contributed by atoms with van der Waals surface area (Å²) in [5, 5.41) is 0.109. The van der Waals surface area contributed by atoms with E-state index in [2.05, 4.69) is 4.98 Å².